The Kier molecular flexibility index (Phi) is 5.50. The zero-order chi connectivity index (χ0) is 12.8. The van der Waals surface area contributed by atoms with Crippen LogP contribution in [0.4, 0.5) is 0 Å². The first-order chi connectivity index (χ1) is 8.79. The number of hydrogen-bond acceptors (Lipinski definition) is 2. The van der Waals surface area contributed by atoms with Crippen LogP contribution in [-0.2, 0) is 0 Å². The fourth-order valence-corrected chi connectivity index (χ4v) is 4.23. The molecule has 1 atom stereocenters. The first-order valence-electron chi connectivity index (χ1n) is 8.18. The van der Waals surface area contributed by atoms with E-state index in [1.807, 2.05) is 0 Å². The molecule has 0 spiro atoms. The molecule has 0 bridgehead atoms. The van der Waals surface area contributed by atoms with Crippen LogP contribution in [0.3, 0.4) is 0 Å². The summed E-state index contributed by atoms with van der Waals surface area (Å²) >= 11 is 0. The summed E-state index contributed by atoms with van der Waals surface area (Å²) in [6.07, 6.45) is 12.9. The smallest absolute Gasteiger partial charge is 0.00928 e. The molecular weight excluding hydrogens is 220 g/mol. The highest BCUT2D eigenvalue weighted by Gasteiger charge is 2.35. The van der Waals surface area contributed by atoms with E-state index in [1.54, 1.807) is 0 Å². The molecule has 18 heavy (non-hydrogen) atoms. The molecule has 2 nitrogen and oxygen atoms in total. The standard InChI is InChI=1S/C16H32N2/c1-3-15-9-5-8-12-18(15)14-16(13-17-2)10-6-4-7-11-16/h15,17H,3-14H2,1-2H3. The van der Waals surface area contributed by atoms with Crippen molar-refractivity contribution in [2.45, 2.75) is 70.8 Å². The van der Waals surface area contributed by atoms with Crippen molar-refractivity contribution in [3.05, 3.63) is 0 Å². The fourth-order valence-electron chi connectivity index (χ4n) is 4.23. The Hall–Kier alpha value is -0.0800. The predicted octanol–water partition coefficient (Wildman–Crippen LogP) is 3.42. The van der Waals surface area contributed by atoms with E-state index in [-0.39, 0.29) is 0 Å². The van der Waals surface area contributed by atoms with Gasteiger partial charge in [-0.2, -0.15) is 0 Å². The summed E-state index contributed by atoms with van der Waals surface area (Å²) in [5, 5.41) is 3.47. The topological polar surface area (TPSA) is 15.3 Å². The number of likely N-dealkylation sites (tertiary alicyclic amines) is 1. The second kappa shape index (κ2) is 6.91. The fraction of sp³-hybridized carbons (Fsp3) is 1.00. The molecule has 1 unspecified atom stereocenters. The van der Waals surface area contributed by atoms with Crippen LogP contribution in [-0.4, -0.2) is 37.6 Å². The van der Waals surface area contributed by atoms with Crippen molar-refractivity contribution in [3.63, 3.8) is 0 Å². The molecule has 0 aromatic rings. The summed E-state index contributed by atoms with van der Waals surface area (Å²) in [5.41, 5.74) is 0.581. The molecule has 0 amide bonds. The van der Waals surface area contributed by atoms with Gasteiger partial charge in [0.05, 0.1) is 0 Å². The molecule has 0 radical (unpaired) electrons. The van der Waals surface area contributed by atoms with Crippen molar-refractivity contribution in [2.24, 2.45) is 5.41 Å². The highest BCUT2D eigenvalue weighted by atomic mass is 15.2. The van der Waals surface area contributed by atoms with Crippen molar-refractivity contribution in [1.29, 1.82) is 0 Å². The second-order valence-corrected chi connectivity index (χ2v) is 6.62. The third-order valence-corrected chi connectivity index (χ3v) is 5.22. The lowest BCUT2D eigenvalue weighted by molar-refractivity contribution is 0.0545. The minimum absolute atomic E-state index is 0.581. The molecule has 106 valence electrons. The van der Waals surface area contributed by atoms with Gasteiger partial charge < -0.3 is 5.32 Å². The third kappa shape index (κ3) is 3.48. The quantitative estimate of drug-likeness (QED) is 0.806. The van der Waals surface area contributed by atoms with Gasteiger partial charge in [0.25, 0.3) is 0 Å². The van der Waals surface area contributed by atoms with Gasteiger partial charge in [-0.25, -0.2) is 0 Å². The molecule has 1 heterocycles. The van der Waals surface area contributed by atoms with Gasteiger partial charge in [-0.05, 0) is 51.1 Å². The van der Waals surface area contributed by atoms with E-state index in [4.69, 9.17) is 0 Å². The Bertz CT molecular complexity index is 228. The first kappa shape index (κ1) is 14.3. The molecule has 1 saturated heterocycles. The summed E-state index contributed by atoms with van der Waals surface area (Å²) in [5.74, 6) is 0. The van der Waals surface area contributed by atoms with Crippen LogP contribution < -0.4 is 5.32 Å². The second-order valence-electron chi connectivity index (χ2n) is 6.62. The van der Waals surface area contributed by atoms with Gasteiger partial charge in [0, 0.05) is 19.1 Å². The Morgan fingerprint density at radius 1 is 1.11 bits per heavy atom. The van der Waals surface area contributed by atoms with Gasteiger partial charge in [-0.3, -0.25) is 4.90 Å². The van der Waals surface area contributed by atoms with E-state index in [0.717, 1.165) is 6.04 Å². The maximum absolute atomic E-state index is 3.47. The molecule has 0 aromatic heterocycles. The summed E-state index contributed by atoms with van der Waals surface area (Å²) in [6.45, 7) is 6.30. The van der Waals surface area contributed by atoms with E-state index >= 15 is 0 Å². The van der Waals surface area contributed by atoms with Crippen LogP contribution in [0.25, 0.3) is 0 Å². The number of rotatable bonds is 5. The molecule has 1 aliphatic heterocycles. The number of nitrogens with zero attached hydrogens (tertiary/aromatic N) is 1. The predicted molar refractivity (Wildman–Crippen MR) is 78.9 cm³/mol. The monoisotopic (exact) mass is 252 g/mol. The lowest BCUT2D eigenvalue weighted by Crippen LogP contribution is -2.49. The van der Waals surface area contributed by atoms with Crippen molar-refractivity contribution in [2.75, 3.05) is 26.7 Å². The Morgan fingerprint density at radius 2 is 1.89 bits per heavy atom. The molecule has 2 aliphatic rings. The molecule has 1 aliphatic carbocycles. The summed E-state index contributed by atoms with van der Waals surface area (Å²) in [7, 11) is 2.13. The van der Waals surface area contributed by atoms with Crippen LogP contribution in [0, 0.1) is 5.41 Å². The van der Waals surface area contributed by atoms with Crippen LogP contribution in [0.5, 0.6) is 0 Å². The SMILES string of the molecule is CCC1CCCCN1CC1(CNC)CCCCC1. The Labute approximate surface area is 114 Å². The first-order valence-corrected chi connectivity index (χ1v) is 8.18. The lowest BCUT2D eigenvalue weighted by Gasteiger charge is -2.45. The number of nitrogens with one attached hydrogen (secondary N) is 1. The molecule has 0 aromatic carbocycles. The van der Waals surface area contributed by atoms with Crippen molar-refractivity contribution in [1.82, 2.24) is 10.2 Å². The molecule has 2 rings (SSSR count). The maximum atomic E-state index is 3.47. The third-order valence-electron chi connectivity index (χ3n) is 5.22. The van der Waals surface area contributed by atoms with Crippen molar-refractivity contribution in [3.8, 4) is 0 Å². The van der Waals surface area contributed by atoms with Crippen LogP contribution in [0.1, 0.15) is 64.7 Å². The van der Waals surface area contributed by atoms with Crippen LogP contribution in [0.2, 0.25) is 0 Å². The number of piperidine rings is 1. The van der Waals surface area contributed by atoms with E-state index < -0.39 is 0 Å². The average molecular weight is 252 g/mol. The molecule has 1 N–H and O–H groups in total. The van der Waals surface area contributed by atoms with E-state index in [2.05, 4.69) is 24.2 Å². The Balaban J connectivity index is 1.98. The summed E-state index contributed by atoms with van der Waals surface area (Å²) in [6, 6.07) is 0.870. The minimum Gasteiger partial charge on any atom is -0.319 e. The van der Waals surface area contributed by atoms with Gasteiger partial charge in [0.1, 0.15) is 0 Å². The van der Waals surface area contributed by atoms with Crippen LogP contribution >= 0.6 is 0 Å². The maximum Gasteiger partial charge on any atom is 0.00928 e. The van der Waals surface area contributed by atoms with E-state index in [0.29, 0.717) is 5.41 Å². The lowest BCUT2D eigenvalue weighted by atomic mass is 9.73. The molecular formula is C16H32N2. The van der Waals surface area contributed by atoms with Gasteiger partial charge in [0.2, 0.25) is 0 Å². The normalized spacial score (nSPS) is 29.3. The van der Waals surface area contributed by atoms with E-state index in [1.165, 1.54) is 77.4 Å². The van der Waals surface area contributed by atoms with Crippen molar-refractivity contribution < 1.29 is 0 Å². The molecule has 2 heteroatoms. The minimum atomic E-state index is 0.581. The molecule has 1 saturated carbocycles. The number of hydrogen-bond donors (Lipinski definition) is 1. The van der Waals surface area contributed by atoms with Gasteiger partial charge in [0.15, 0.2) is 0 Å². The molecule has 2 fully saturated rings. The average Bonchev–Trinajstić information content (AvgIpc) is 2.40. The zero-order valence-electron chi connectivity index (χ0n) is 12.5. The highest BCUT2D eigenvalue weighted by molar-refractivity contribution is 4.90. The summed E-state index contributed by atoms with van der Waals surface area (Å²) in [4.78, 5) is 2.83. The van der Waals surface area contributed by atoms with Crippen LogP contribution in [0.15, 0.2) is 0 Å². The van der Waals surface area contributed by atoms with Gasteiger partial charge in [-0.1, -0.05) is 32.6 Å². The summed E-state index contributed by atoms with van der Waals surface area (Å²) < 4.78 is 0. The van der Waals surface area contributed by atoms with E-state index in [9.17, 15) is 0 Å². The van der Waals surface area contributed by atoms with Gasteiger partial charge in [-0.15, -0.1) is 0 Å². The van der Waals surface area contributed by atoms with Crippen molar-refractivity contribution >= 4 is 0 Å². The Morgan fingerprint density at radius 3 is 2.56 bits per heavy atom. The highest BCUT2D eigenvalue weighted by Crippen LogP contribution is 2.38. The largest absolute Gasteiger partial charge is 0.319 e. The zero-order valence-corrected chi connectivity index (χ0v) is 12.5. The van der Waals surface area contributed by atoms with Gasteiger partial charge >= 0.3 is 0 Å².